The number of carbonyl (C=O) groups excluding carboxylic acids is 2. The first-order chi connectivity index (χ1) is 17.5. The van der Waals surface area contributed by atoms with E-state index in [1.54, 1.807) is 36.3 Å². The molecule has 0 aliphatic carbocycles. The largest absolute Gasteiger partial charge is 0.497 e. The lowest BCUT2D eigenvalue weighted by atomic mass is 10.1. The van der Waals surface area contributed by atoms with E-state index in [0.29, 0.717) is 22.9 Å². The van der Waals surface area contributed by atoms with Crippen molar-refractivity contribution >= 4 is 39.1 Å². The average molecular weight is 552 g/mol. The molecule has 0 radical (unpaired) electrons. The van der Waals surface area contributed by atoms with E-state index in [2.05, 4.69) is 5.32 Å². The normalized spacial score (nSPS) is 12.9. The Labute approximate surface area is 226 Å². The number of ether oxygens (including phenoxy) is 1. The Morgan fingerprint density at radius 3 is 2.38 bits per heavy atom. The van der Waals surface area contributed by atoms with Crippen LogP contribution in [0.25, 0.3) is 0 Å². The van der Waals surface area contributed by atoms with Crippen molar-refractivity contribution in [3.05, 3.63) is 59.1 Å². The number of hydrogen-bond acceptors (Lipinski definition) is 5. The highest BCUT2D eigenvalue weighted by Crippen LogP contribution is 2.23. The minimum absolute atomic E-state index is 0.0173. The molecule has 0 saturated heterocycles. The Hall–Kier alpha value is -2.78. The number of rotatable bonds is 14. The van der Waals surface area contributed by atoms with Gasteiger partial charge >= 0.3 is 0 Å². The van der Waals surface area contributed by atoms with Crippen LogP contribution < -0.4 is 14.4 Å². The number of carbonyl (C=O) groups is 2. The molecule has 0 bridgehead atoms. The number of nitrogens with zero attached hydrogens (tertiary/aromatic N) is 2. The van der Waals surface area contributed by atoms with Gasteiger partial charge in [0, 0.05) is 30.6 Å². The fourth-order valence-electron chi connectivity index (χ4n) is 3.96. The van der Waals surface area contributed by atoms with E-state index >= 15 is 0 Å². The molecule has 0 heterocycles. The lowest BCUT2D eigenvalue weighted by Crippen LogP contribution is -2.50. The molecule has 2 aromatic carbocycles. The Morgan fingerprint density at radius 1 is 1.08 bits per heavy atom. The molecule has 8 nitrogen and oxygen atoms in total. The molecule has 1 N–H and O–H groups in total. The van der Waals surface area contributed by atoms with Gasteiger partial charge in [0.25, 0.3) is 0 Å². The first-order valence-electron chi connectivity index (χ1n) is 12.5. The van der Waals surface area contributed by atoms with E-state index in [4.69, 9.17) is 16.3 Å². The molecule has 204 valence electrons. The van der Waals surface area contributed by atoms with Gasteiger partial charge in [0.1, 0.15) is 11.8 Å². The van der Waals surface area contributed by atoms with Crippen molar-refractivity contribution in [2.45, 2.75) is 65.1 Å². The number of methoxy groups -OCH3 is 1. The minimum atomic E-state index is -3.59. The summed E-state index contributed by atoms with van der Waals surface area (Å²) < 4.78 is 31.5. The molecular weight excluding hydrogens is 514 g/mol. The molecule has 2 amide bonds. The first kappa shape index (κ1) is 30.4. The van der Waals surface area contributed by atoms with Crippen LogP contribution >= 0.6 is 11.6 Å². The third kappa shape index (κ3) is 9.23. The summed E-state index contributed by atoms with van der Waals surface area (Å²) in [6.07, 6.45) is 2.68. The van der Waals surface area contributed by atoms with Crippen molar-refractivity contribution < 1.29 is 22.7 Å². The van der Waals surface area contributed by atoms with Crippen LogP contribution in [0.1, 0.15) is 52.0 Å². The second-order valence-electron chi connectivity index (χ2n) is 9.03. The van der Waals surface area contributed by atoms with Gasteiger partial charge in [-0.25, -0.2) is 8.42 Å². The average Bonchev–Trinajstić information content (AvgIpc) is 2.85. The Kier molecular flexibility index (Phi) is 11.7. The van der Waals surface area contributed by atoms with Crippen LogP contribution in [-0.4, -0.2) is 57.1 Å². The summed E-state index contributed by atoms with van der Waals surface area (Å²) in [6, 6.07) is 13.3. The maximum Gasteiger partial charge on any atom is 0.243 e. The predicted octanol–water partition coefficient (Wildman–Crippen LogP) is 4.62. The maximum absolute atomic E-state index is 13.5. The molecule has 0 spiro atoms. The lowest BCUT2D eigenvalue weighted by molar-refractivity contribution is -0.141. The van der Waals surface area contributed by atoms with Crippen molar-refractivity contribution in [3.63, 3.8) is 0 Å². The summed E-state index contributed by atoms with van der Waals surface area (Å²) in [7, 11) is -2.01. The van der Waals surface area contributed by atoms with E-state index in [9.17, 15) is 18.0 Å². The number of nitrogens with one attached hydrogen (secondary N) is 1. The van der Waals surface area contributed by atoms with Gasteiger partial charge in [-0.2, -0.15) is 0 Å². The van der Waals surface area contributed by atoms with Crippen molar-refractivity contribution in [2.24, 2.45) is 0 Å². The van der Waals surface area contributed by atoms with Crippen molar-refractivity contribution in [3.8, 4) is 5.75 Å². The van der Waals surface area contributed by atoms with Gasteiger partial charge in [0.2, 0.25) is 21.8 Å². The van der Waals surface area contributed by atoms with Crippen LogP contribution in [0.2, 0.25) is 5.02 Å². The molecule has 0 saturated carbocycles. The van der Waals surface area contributed by atoms with Crippen LogP contribution in [0.3, 0.4) is 0 Å². The molecular formula is C27H38ClN3O5S. The van der Waals surface area contributed by atoms with E-state index in [-0.39, 0.29) is 43.8 Å². The molecule has 0 aliphatic rings. The Morgan fingerprint density at radius 2 is 1.78 bits per heavy atom. The highest BCUT2D eigenvalue weighted by atomic mass is 35.5. The minimum Gasteiger partial charge on any atom is -0.497 e. The molecule has 0 fully saturated rings. The second-order valence-corrected chi connectivity index (χ2v) is 11.4. The Balaban J connectivity index is 2.25. The first-order valence-corrected chi connectivity index (χ1v) is 14.7. The zero-order valence-corrected chi connectivity index (χ0v) is 23.8. The zero-order valence-electron chi connectivity index (χ0n) is 22.2. The summed E-state index contributed by atoms with van der Waals surface area (Å²) in [4.78, 5) is 28.2. The lowest BCUT2D eigenvalue weighted by Gasteiger charge is -2.32. The van der Waals surface area contributed by atoms with Crippen LogP contribution in [0.15, 0.2) is 48.5 Å². The van der Waals surface area contributed by atoms with Crippen molar-refractivity contribution in [2.75, 3.05) is 24.2 Å². The van der Waals surface area contributed by atoms with Gasteiger partial charge in [-0.15, -0.1) is 0 Å². The molecule has 2 aromatic rings. The smallest absolute Gasteiger partial charge is 0.243 e. The van der Waals surface area contributed by atoms with E-state index in [1.807, 2.05) is 45.0 Å². The topological polar surface area (TPSA) is 96.0 Å². The zero-order chi connectivity index (χ0) is 27.6. The van der Waals surface area contributed by atoms with Crippen LogP contribution in [0.4, 0.5) is 5.69 Å². The van der Waals surface area contributed by atoms with Crippen molar-refractivity contribution in [1.29, 1.82) is 0 Å². The third-order valence-corrected chi connectivity index (χ3v) is 7.55. The number of anilines is 1. The third-order valence-electron chi connectivity index (χ3n) is 6.12. The molecule has 0 unspecified atom stereocenters. The Bertz CT molecular complexity index is 1160. The second kappa shape index (κ2) is 14.2. The van der Waals surface area contributed by atoms with Gasteiger partial charge in [-0.1, -0.05) is 43.6 Å². The molecule has 10 heteroatoms. The number of hydrogen-bond donors (Lipinski definition) is 1. The number of benzene rings is 2. The van der Waals surface area contributed by atoms with Gasteiger partial charge in [0.15, 0.2) is 0 Å². The summed E-state index contributed by atoms with van der Waals surface area (Å²) in [5.41, 5.74) is 1.27. The molecule has 2 atom stereocenters. The summed E-state index contributed by atoms with van der Waals surface area (Å²) in [5.74, 6) is 0.227. The van der Waals surface area contributed by atoms with E-state index in [0.717, 1.165) is 18.2 Å². The van der Waals surface area contributed by atoms with Gasteiger partial charge in [-0.05, 0) is 62.1 Å². The number of sulfonamides is 1. The maximum atomic E-state index is 13.5. The summed E-state index contributed by atoms with van der Waals surface area (Å²) in [6.45, 7) is 6.12. The molecule has 37 heavy (non-hydrogen) atoms. The highest BCUT2D eigenvalue weighted by molar-refractivity contribution is 7.92. The SMILES string of the molecule is CC[C@H](C)NC(=O)[C@H](CC)N(Cc1cccc(OC)c1)C(=O)CCCN(c1cccc(Cl)c1)S(C)(=O)=O. The van der Waals surface area contributed by atoms with E-state index < -0.39 is 16.1 Å². The molecule has 0 aromatic heterocycles. The van der Waals surface area contributed by atoms with Gasteiger partial charge in [-0.3, -0.25) is 13.9 Å². The standard InChI is InChI=1S/C27H38ClN3O5S/c1-6-20(3)29-27(33)25(7-2)30(19-21-11-8-14-24(17-21)36-4)26(32)15-10-16-31(37(5,34)35)23-13-9-12-22(28)18-23/h8-9,11-14,17-18,20,25H,6-7,10,15-16,19H2,1-5H3,(H,29,33)/t20-,25-/m0/s1. The summed E-state index contributed by atoms with van der Waals surface area (Å²) in [5, 5.41) is 3.41. The monoisotopic (exact) mass is 551 g/mol. The number of halogens is 1. The van der Waals surface area contributed by atoms with Crippen molar-refractivity contribution in [1.82, 2.24) is 10.2 Å². The van der Waals surface area contributed by atoms with Crippen LogP contribution in [0.5, 0.6) is 5.75 Å². The van der Waals surface area contributed by atoms with Crippen LogP contribution in [-0.2, 0) is 26.2 Å². The van der Waals surface area contributed by atoms with E-state index in [1.165, 1.54) is 4.31 Å². The highest BCUT2D eigenvalue weighted by Gasteiger charge is 2.29. The van der Waals surface area contributed by atoms with Crippen LogP contribution in [0, 0.1) is 0 Å². The molecule has 0 aliphatic heterocycles. The quantitative estimate of drug-likeness (QED) is 0.370. The molecule has 2 rings (SSSR count). The summed E-state index contributed by atoms with van der Waals surface area (Å²) >= 11 is 6.06. The number of amides is 2. The predicted molar refractivity (Wildman–Crippen MR) is 148 cm³/mol. The fraction of sp³-hybridized carbons (Fsp3) is 0.481. The van der Waals surface area contributed by atoms with Gasteiger partial charge < -0.3 is 15.0 Å². The fourth-order valence-corrected chi connectivity index (χ4v) is 5.11. The van der Waals surface area contributed by atoms with Gasteiger partial charge in [0.05, 0.1) is 19.1 Å².